The summed E-state index contributed by atoms with van der Waals surface area (Å²) in [5.41, 5.74) is 2.16. The summed E-state index contributed by atoms with van der Waals surface area (Å²) in [4.78, 5) is 15.0. The van der Waals surface area contributed by atoms with Crippen LogP contribution in [-0.2, 0) is 0 Å². The van der Waals surface area contributed by atoms with E-state index in [1.165, 1.54) is 0 Å². The minimum absolute atomic E-state index is 0.0244. The van der Waals surface area contributed by atoms with Crippen LogP contribution in [0.25, 0.3) is 0 Å². The number of carbonyl (C=O) groups is 1. The molecule has 4 rings (SSSR count). The number of hydrogen-bond acceptors (Lipinski definition) is 4. The van der Waals surface area contributed by atoms with Gasteiger partial charge in [-0.1, -0.05) is 60.7 Å². The number of hydrogen-bond donors (Lipinski definition) is 1. The van der Waals surface area contributed by atoms with E-state index in [4.69, 9.17) is 0 Å². The van der Waals surface area contributed by atoms with Crippen LogP contribution in [0.3, 0.4) is 0 Å². The number of rotatable bonds is 4. The number of likely N-dealkylation sites (tertiary alicyclic amines) is 1. The van der Waals surface area contributed by atoms with Crippen molar-refractivity contribution in [3.63, 3.8) is 0 Å². The van der Waals surface area contributed by atoms with Crippen LogP contribution in [0.4, 0.5) is 4.79 Å². The van der Waals surface area contributed by atoms with E-state index in [2.05, 4.69) is 39.8 Å². The molecule has 0 aliphatic carbocycles. The molecule has 2 heterocycles. The minimum atomic E-state index is -0.168. The summed E-state index contributed by atoms with van der Waals surface area (Å²) in [6.07, 6.45) is 2.04. The Hall–Kier alpha value is -2.73. The van der Waals surface area contributed by atoms with Crippen molar-refractivity contribution in [2.45, 2.75) is 31.7 Å². The first-order valence-corrected chi connectivity index (χ1v) is 10.5. The molecule has 0 spiro atoms. The van der Waals surface area contributed by atoms with Crippen LogP contribution >= 0.6 is 11.3 Å². The number of carbonyl (C=O) groups excluding carboxylic acids is 1. The van der Waals surface area contributed by atoms with E-state index in [1.54, 1.807) is 11.3 Å². The molecular weight excluding hydrogens is 368 g/mol. The Balaban J connectivity index is 1.51. The third-order valence-corrected chi connectivity index (χ3v) is 6.13. The number of aryl methyl sites for hydroxylation is 1. The van der Waals surface area contributed by atoms with E-state index in [-0.39, 0.29) is 18.0 Å². The molecule has 1 aliphatic rings. The lowest BCUT2D eigenvalue weighted by atomic mass is 9.98. The van der Waals surface area contributed by atoms with Crippen molar-refractivity contribution in [3.05, 3.63) is 81.8 Å². The van der Waals surface area contributed by atoms with Crippen LogP contribution in [0, 0.1) is 6.92 Å². The summed E-state index contributed by atoms with van der Waals surface area (Å²) < 4.78 is 0. The zero-order valence-corrected chi connectivity index (χ0v) is 16.7. The first-order valence-electron chi connectivity index (χ1n) is 9.66. The number of nitrogens with zero attached hydrogens (tertiary/aromatic N) is 3. The first kappa shape index (κ1) is 18.6. The van der Waals surface area contributed by atoms with Crippen molar-refractivity contribution in [2.75, 3.05) is 13.1 Å². The molecule has 6 heteroatoms. The van der Waals surface area contributed by atoms with Crippen LogP contribution in [0.2, 0.25) is 0 Å². The average Bonchev–Trinajstić information content (AvgIpc) is 3.19. The number of piperidine rings is 1. The molecule has 0 radical (unpaired) electrons. The largest absolute Gasteiger partial charge is 0.327 e. The summed E-state index contributed by atoms with van der Waals surface area (Å²) in [7, 11) is 0. The van der Waals surface area contributed by atoms with E-state index in [1.807, 2.05) is 48.2 Å². The monoisotopic (exact) mass is 392 g/mol. The second kappa shape index (κ2) is 8.52. The highest BCUT2D eigenvalue weighted by molar-refractivity contribution is 7.11. The lowest BCUT2D eigenvalue weighted by Crippen LogP contribution is -2.46. The summed E-state index contributed by atoms with van der Waals surface area (Å²) in [5.74, 6) is 0.276. The molecule has 2 amide bonds. The van der Waals surface area contributed by atoms with Gasteiger partial charge in [-0.3, -0.25) is 0 Å². The minimum Gasteiger partial charge on any atom is -0.327 e. The van der Waals surface area contributed by atoms with Crippen molar-refractivity contribution in [1.29, 1.82) is 0 Å². The Morgan fingerprint density at radius 3 is 2.29 bits per heavy atom. The van der Waals surface area contributed by atoms with Crippen LogP contribution in [-0.4, -0.2) is 34.2 Å². The Kier molecular flexibility index (Phi) is 5.67. The van der Waals surface area contributed by atoms with E-state index in [0.29, 0.717) is 6.54 Å². The molecule has 1 aliphatic heterocycles. The lowest BCUT2D eigenvalue weighted by molar-refractivity contribution is 0.177. The van der Waals surface area contributed by atoms with Gasteiger partial charge in [-0.05, 0) is 30.9 Å². The molecule has 0 saturated carbocycles. The summed E-state index contributed by atoms with van der Waals surface area (Å²) >= 11 is 1.64. The van der Waals surface area contributed by atoms with Crippen molar-refractivity contribution in [1.82, 2.24) is 20.4 Å². The molecule has 28 heavy (non-hydrogen) atoms. The van der Waals surface area contributed by atoms with Gasteiger partial charge in [0.1, 0.15) is 10.0 Å². The van der Waals surface area contributed by atoms with Crippen molar-refractivity contribution >= 4 is 17.4 Å². The topological polar surface area (TPSA) is 58.1 Å². The Morgan fingerprint density at radius 1 is 1.07 bits per heavy atom. The number of benzene rings is 2. The van der Waals surface area contributed by atoms with Crippen LogP contribution in [0.1, 0.15) is 45.9 Å². The third kappa shape index (κ3) is 4.22. The van der Waals surface area contributed by atoms with Gasteiger partial charge in [0.05, 0.1) is 6.04 Å². The maximum Gasteiger partial charge on any atom is 0.318 e. The van der Waals surface area contributed by atoms with E-state index in [9.17, 15) is 4.79 Å². The highest BCUT2D eigenvalue weighted by Crippen LogP contribution is 2.29. The summed E-state index contributed by atoms with van der Waals surface area (Å²) in [6.45, 7) is 3.44. The molecular formula is C22H24N4OS. The smallest absolute Gasteiger partial charge is 0.318 e. The Labute approximate surface area is 169 Å². The maximum atomic E-state index is 13.1. The highest BCUT2D eigenvalue weighted by atomic mass is 32.1. The number of amides is 2. The van der Waals surface area contributed by atoms with Crippen LogP contribution in [0.15, 0.2) is 60.7 Å². The zero-order valence-electron chi connectivity index (χ0n) is 15.9. The second-order valence-electron chi connectivity index (χ2n) is 7.15. The zero-order chi connectivity index (χ0) is 19.3. The molecule has 1 unspecified atom stereocenters. The molecule has 1 fully saturated rings. The fourth-order valence-electron chi connectivity index (χ4n) is 3.70. The van der Waals surface area contributed by atoms with Gasteiger partial charge in [-0.25, -0.2) is 4.79 Å². The van der Waals surface area contributed by atoms with Crippen molar-refractivity contribution in [2.24, 2.45) is 0 Å². The highest BCUT2D eigenvalue weighted by Gasteiger charge is 2.28. The number of urea groups is 1. The lowest BCUT2D eigenvalue weighted by Gasteiger charge is -2.33. The van der Waals surface area contributed by atoms with Gasteiger partial charge in [0, 0.05) is 19.0 Å². The SMILES string of the molecule is Cc1nnc(C2CCCN(C(=O)NC(c3ccccc3)c3ccccc3)C2)s1. The Bertz CT molecular complexity index is 873. The predicted octanol–water partition coefficient (Wildman–Crippen LogP) is 4.53. The fourth-order valence-corrected chi connectivity index (χ4v) is 4.53. The Morgan fingerprint density at radius 2 is 1.71 bits per heavy atom. The third-order valence-electron chi connectivity index (χ3n) is 5.13. The van der Waals surface area contributed by atoms with Gasteiger partial charge in [-0.2, -0.15) is 0 Å². The molecule has 1 aromatic heterocycles. The molecule has 2 aromatic carbocycles. The molecule has 3 aromatic rings. The van der Waals surface area contributed by atoms with Crippen molar-refractivity contribution < 1.29 is 4.79 Å². The number of nitrogens with one attached hydrogen (secondary N) is 1. The van der Waals surface area contributed by atoms with Crippen LogP contribution in [0.5, 0.6) is 0 Å². The van der Waals surface area contributed by atoms with Gasteiger partial charge < -0.3 is 10.2 Å². The van der Waals surface area contributed by atoms with Crippen LogP contribution < -0.4 is 5.32 Å². The second-order valence-corrected chi connectivity index (χ2v) is 8.36. The van der Waals surface area contributed by atoms with Gasteiger partial charge in [0.25, 0.3) is 0 Å². The van der Waals surface area contributed by atoms with E-state index in [0.717, 1.165) is 40.5 Å². The predicted molar refractivity (Wildman–Crippen MR) is 111 cm³/mol. The molecule has 5 nitrogen and oxygen atoms in total. The standard InChI is InChI=1S/C22H24N4OS/c1-16-24-25-21(28-16)19-13-8-14-26(15-19)22(27)23-20(17-9-4-2-5-10-17)18-11-6-3-7-12-18/h2-7,9-12,19-20H,8,13-15H2,1H3,(H,23,27). The van der Waals surface area contributed by atoms with Crippen molar-refractivity contribution in [3.8, 4) is 0 Å². The molecule has 1 atom stereocenters. The molecule has 1 N–H and O–H groups in total. The normalized spacial score (nSPS) is 16.9. The van der Waals surface area contributed by atoms with E-state index < -0.39 is 0 Å². The van der Waals surface area contributed by atoms with E-state index >= 15 is 0 Å². The molecule has 0 bridgehead atoms. The maximum absolute atomic E-state index is 13.1. The van der Waals surface area contributed by atoms with Gasteiger partial charge in [-0.15, -0.1) is 21.5 Å². The van der Waals surface area contributed by atoms with Gasteiger partial charge in [0.2, 0.25) is 0 Å². The van der Waals surface area contributed by atoms with Gasteiger partial charge in [0.15, 0.2) is 0 Å². The average molecular weight is 393 g/mol. The molecule has 1 saturated heterocycles. The summed E-state index contributed by atoms with van der Waals surface area (Å²) in [5, 5.41) is 13.7. The fraction of sp³-hybridized carbons (Fsp3) is 0.318. The number of aromatic nitrogens is 2. The quantitative estimate of drug-likeness (QED) is 0.710. The summed E-state index contributed by atoms with van der Waals surface area (Å²) in [6, 6.07) is 20.0. The first-order chi connectivity index (χ1) is 13.7. The molecule has 144 valence electrons. The van der Waals surface area contributed by atoms with Gasteiger partial charge >= 0.3 is 6.03 Å².